The largest absolute Gasteiger partial charge is 0.350 e. The van der Waals surface area contributed by atoms with Gasteiger partial charge in [-0.2, -0.15) is 0 Å². The van der Waals surface area contributed by atoms with E-state index in [2.05, 4.69) is 5.32 Å². The summed E-state index contributed by atoms with van der Waals surface area (Å²) in [6.45, 7) is 8.65. The van der Waals surface area contributed by atoms with Gasteiger partial charge in [0.15, 0.2) is 0 Å². The van der Waals surface area contributed by atoms with Crippen molar-refractivity contribution >= 4 is 27.5 Å². The van der Waals surface area contributed by atoms with E-state index in [1.54, 1.807) is 42.5 Å². The number of benzene rings is 4. The SMILES string of the molecule is Cc1cccc(N(CC(=O)N(Cc2ccc(F)cc2)[C@H](Cc2ccccc2)C(=O)NC(C)(C)C)S(=O)(=O)c2ccccc2)c1C. The van der Waals surface area contributed by atoms with Gasteiger partial charge in [0.2, 0.25) is 11.8 Å². The van der Waals surface area contributed by atoms with Crippen LogP contribution in [0.5, 0.6) is 0 Å². The predicted octanol–water partition coefficient (Wildman–Crippen LogP) is 6.19. The summed E-state index contributed by atoms with van der Waals surface area (Å²) in [5, 5.41) is 3.00. The fraction of sp³-hybridized carbons (Fsp3) is 0.278. The molecule has 0 saturated carbocycles. The number of amides is 2. The van der Waals surface area contributed by atoms with Gasteiger partial charge in [0, 0.05) is 18.5 Å². The number of hydrogen-bond acceptors (Lipinski definition) is 4. The molecule has 1 N–H and O–H groups in total. The van der Waals surface area contributed by atoms with Crippen LogP contribution in [0.4, 0.5) is 10.1 Å². The van der Waals surface area contributed by atoms with Crippen molar-refractivity contribution in [3.63, 3.8) is 0 Å². The number of rotatable bonds is 11. The monoisotopic (exact) mass is 629 g/mol. The molecule has 0 spiro atoms. The summed E-state index contributed by atoms with van der Waals surface area (Å²) in [6, 6.07) is 27.3. The van der Waals surface area contributed by atoms with Crippen LogP contribution in [0.2, 0.25) is 0 Å². The molecule has 0 aliphatic rings. The number of carbonyl (C=O) groups is 2. The van der Waals surface area contributed by atoms with E-state index in [1.807, 2.05) is 71.0 Å². The number of carbonyl (C=O) groups excluding carboxylic acids is 2. The molecule has 7 nitrogen and oxygen atoms in total. The maximum absolute atomic E-state index is 14.5. The van der Waals surface area contributed by atoms with Crippen molar-refractivity contribution < 1.29 is 22.4 Å². The minimum atomic E-state index is -4.20. The first kappa shape index (κ1) is 33.4. The van der Waals surface area contributed by atoms with E-state index in [9.17, 15) is 22.4 Å². The van der Waals surface area contributed by atoms with E-state index in [1.165, 1.54) is 29.2 Å². The van der Waals surface area contributed by atoms with Gasteiger partial charge in [-0.15, -0.1) is 0 Å². The first-order valence-electron chi connectivity index (χ1n) is 14.8. The van der Waals surface area contributed by atoms with Gasteiger partial charge in [-0.05, 0) is 87.2 Å². The highest BCUT2D eigenvalue weighted by Crippen LogP contribution is 2.29. The minimum Gasteiger partial charge on any atom is -0.350 e. The zero-order chi connectivity index (χ0) is 32.8. The molecule has 4 aromatic rings. The molecule has 0 fully saturated rings. The Morgan fingerprint density at radius 3 is 2.00 bits per heavy atom. The average molecular weight is 630 g/mol. The van der Waals surface area contributed by atoms with Crippen LogP contribution in [0.25, 0.3) is 0 Å². The number of aryl methyl sites for hydroxylation is 1. The standard InChI is InChI=1S/C36H40FN3O4S/c1-26-13-12-18-32(27(26)2)40(45(43,44)31-16-10-7-11-17-31)25-34(41)39(24-29-19-21-30(37)22-20-29)33(35(42)38-36(3,4)5)23-28-14-8-6-9-15-28/h6-22,33H,23-25H2,1-5H3,(H,38,42)/t33-/m1/s1. The molecule has 1 atom stereocenters. The lowest BCUT2D eigenvalue weighted by atomic mass is 10.0. The number of sulfonamides is 1. The van der Waals surface area contributed by atoms with E-state index in [-0.39, 0.29) is 23.8 Å². The summed E-state index contributed by atoms with van der Waals surface area (Å²) < 4.78 is 43.3. The number of hydrogen-bond donors (Lipinski definition) is 1. The molecular formula is C36H40FN3O4S. The number of nitrogens with one attached hydrogen (secondary N) is 1. The van der Waals surface area contributed by atoms with Gasteiger partial charge in [-0.25, -0.2) is 12.8 Å². The maximum atomic E-state index is 14.5. The van der Waals surface area contributed by atoms with Crippen molar-refractivity contribution in [2.45, 2.75) is 64.1 Å². The van der Waals surface area contributed by atoms with Crippen molar-refractivity contribution in [3.8, 4) is 0 Å². The van der Waals surface area contributed by atoms with E-state index in [4.69, 9.17) is 0 Å². The summed E-state index contributed by atoms with van der Waals surface area (Å²) in [5.74, 6) is -1.39. The Bertz CT molecular complexity index is 1720. The molecule has 0 aromatic heterocycles. The molecule has 0 radical (unpaired) electrons. The van der Waals surface area contributed by atoms with Crippen LogP contribution in [-0.4, -0.2) is 43.3 Å². The Labute approximate surface area is 265 Å². The highest BCUT2D eigenvalue weighted by atomic mass is 32.2. The summed E-state index contributed by atoms with van der Waals surface area (Å²) in [7, 11) is -4.20. The fourth-order valence-corrected chi connectivity index (χ4v) is 6.52. The van der Waals surface area contributed by atoms with Gasteiger partial charge in [-0.3, -0.25) is 13.9 Å². The van der Waals surface area contributed by atoms with Crippen molar-refractivity contribution in [2.75, 3.05) is 10.8 Å². The van der Waals surface area contributed by atoms with Gasteiger partial charge in [0.05, 0.1) is 10.6 Å². The van der Waals surface area contributed by atoms with Crippen LogP contribution in [0.15, 0.2) is 108 Å². The zero-order valence-corrected chi connectivity index (χ0v) is 27.1. The summed E-state index contributed by atoms with van der Waals surface area (Å²) in [4.78, 5) is 29.9. The lowest BCUT2D eigenvalue weighted by Gasteiger charge is -2.35. The summed E-state index contributed by atoms with van der Waals surface area (Å²) in [6.07, 6.45) is 0.185. The Morgan fingerprint density at radius 1 is 0.800 bits per heavy atom. The highest BCUT2D eigenvalue weighted by molar-refractivity contribution is 7.92. The molecule has 0 unspecified atom stereocenters. The molecule has 0 heterocycles. The molecule has 236 valence electrons. The number of anilines is 1. The topological polar surface area (TPSA) is 86.8 Å². The van der Waals surface area contributed by atoms with E-state index >= 15 is 0 Å². The van der Waals surface area contributed by atoms with Crippen molar-refractivity contribution in [2.24, 2.45) is 0 Å². The molecule has 9 heteroatoms. The number of halogens is 1. The third-order valence-corrected chi connectivity index (χ3v) is 9.26. The lowest BCUT2D eigenvalue weighted by Crippen LogP contribution is -2.56. The smallest absolute Gasteiger partial charge is 0.264 e. The Balaban J connectivity index is 1.84. The zero-order valence-electron chi connectivity index (χ0n) is 26.3. The van der Waals surface area contributed by atoms with Gasteiger partial charge < -0.3 is 10.2 Å². The minimum absolute atomic E-state index is 0.0371. The van der Waals surface area contributed by atoms with Crippen molar-refractivity contribution in [3.05, 3.63) is 131 Å². The molecular weight excluding hydrogens is 589 g/mol. The molecule has 0 saturated heterocycles. The van der Waals surface area contributed by atoms with Crippen LogP contribution in [0, 0.1) is 19.7 Å². The highest BCUT2D eigenvalue weighted by Gasteiger charge is 2.36. The molecule has 2 amide bonds. The average Bonchev–Trinajstić information content (AvgIpc) is 3.00. The second-order valence-electron chi connectivity index (χ2n) is 12.1. The Kier molecular flexibility index (Phi) is 10.4. The normalized spacial score (nSPS) is 12.3. The molecule has 4 rings (SSSR count). The van der Waals surface area contributed by atoms with Gasteiger partial charge in [-0.1, -0.05) is 72.8 Å². The first-order chi connectivity index (χ1) is 21.3. The second-order valence-corrected chi connectivity index (χ2v) is 14.0. The van der Waals surface area contributed by atoms with Gasteiger partial charge in [0.1, 0.15) is 18.4 Å². The Hall–Kier alpha value is -4.50. The fourth-order valence-electron chi connectivity index (χ4n) is 5.03. The third kappa shape index (κ3) is 8.57. The first-order valence-corrected chi connectivity index (χ1v) is 16.2. The lowest BCUT2D eigenvalue weighted by molar-refractivity contribution is -0.140. The molecule has 4 aromatic carbocycles. The van der Waals surface area contributed by atoms with E-state index in [0.29, 0.717) is 16.8 Å². The molecule has 0 bridgehead atoms. The quantitative estimate of drug-likeness (QED) is 0.214. The van der Waals surface area contributed by atoms with Gasteiger partial charge in [0.25, 0.3) is 10.0 Å². The van der Waals surface area contributed by atoms with Crippen LogP contribution >= 0.6 is 0 Å². The summed E-state index contributed by atoms with van der Waals surface area (Å²) in [5.41, 5.74) is 2.76. The third-order valence-electron chi connectivity index (χ3n) is 7.49. The van der Waals surface area contributed by atoms with Crippen LogP contribution in [0.3, 0.4) is 0 Å². The second kappa shape index (κ2) is 14.1. The van der Waals surface area contributed by atoms with Crippen LogP contribution < -0.4 is 9.62 Å². The van der Waals surface area contributed by atoms with Crippen LogP contribution in [-0.2, 0) is 32.6 Å². The predicted molar refractivity (Wildman–Crippen MR) is 176 cm³/mol. The molecule has 0 aliphatic carbocycles. The van der Waals surface area contributed by atoms with Crippen molar-refractivity contribution in [1.82, 2.24) is 10.2 Å². The van der Waals surface area contributed by atoms with Gasteiger partial charge >= 0.3 is 0 Å². The van der Waals surface area contributed by atoms with Crippen LogP contribution in [0.1, 0.15) is 43.0 Å². The maximum Gasteiger partial charge on any atom is 0.264 e. The number of nitrogens with zero attached hydrogens (tertiary/aromatic N) is 2. The summed E-state index contributed by atoms with van der Waals surface area (Å²) >= 11 is 0. The molecule has 0 aliphatic heterocycles. The Morgan fingerprint density at radius 2 is 1.40 bits per heavy atom. The molecule has 45 heavy (non-hydrogen) atoms. The van der Waals surface area contributed by atoms with E-state index < -0.39 is 39.9 Å². The van der Waals surface area contributed by atoms with E-state index in [0.717, 1.165) is 15.4 Å². The van der Waals surface area contributed by atoms with Crippen molar-refractivity contribution in [1.29, 1.82) is 0 Å².